The molecule has 2 atom stereocenters. The minimum Gasteiger partial charge on any atom is -0.497 e. The van der Waals surface area contributed by atoms with E-state index >= 15 is 0 Å². The molecule has 0 spiro atoms. The van der Waals surface area contributed by atoms with Crippen molar-refractivity contribution in [3.05, 3.63) is 59.4 Å². The number of rotatable bonds is 7. The average molecular weight is 530 g/mol. The van der Waals surface area contributed by atoms with Crippen molar-refractivity contribution in [2.45, 2.75) is 89.1 Å². The number of carbonyl (C=O) groups excluding carboxylic acids is 2. The third-order valence-corrected chi connectivity index (χ3v) is 9.29. The van der Waals surface area contributed by atoms with E-state index in [0.29, 0.717) is 5.56 Å². The quantitative estimate of drug-likeness (QED) is 0.390. The Hall–Kier alpha value is -3.11. The second-order valence-electron chi connectivity index (χ2n) is 12.5. The summed E-state index contributed by atoms with van der Waals surface area (Å²) in [6, 6.07) is 9.89. The van der Waals surface area contributed by atoms with E-state index in [0.717, 1.165) is 50.7 Å². The first-order valence-corrected chi connectivity index (χ1v) is 17.3. The van der Waals surface area contributed by atoms with E-state index in [-0.39, 0.29) is 34.9 Å². The summed E-state index contributed by atoms with van der Waals surface area (Å²) in [4.78, 5) is 33.0. The summed E-state index contributed by atoms with van der Waals surface area (Å²) in [6.07, 6.45) is 9.86. The number of methoxy groups -OCH3 is 1. The van der Waals surface area contributed by atoms with Crippen molar-refractivity contribution in [3.63, 3.8) is 0 Å². The van der Waals surface area contributed by atoms with Crippen LogP contribution in [0.4, 0.5) is 0 Å². The Balaban J connectivity index is 1.47. The van der Waals surface area contributed by atoms with E-state index in [1.165, 1.54) is 11.1 Å². The van der Waals surface area contributed by atoms with E-state index in [1.807, 2.05) is 6.07 Å². The molecule has 3 aliphatic carbocycles. The maximum Gasteiger partial charge on any atom is 0.298 e. The molecule has 1 aliphatic heterocycles. The average Bonchev–Trinajstić information content (AvgIpc) is 2.86. The molecular weight excluding hydrogens is 490 g/mol. The summed E-state index contributed by atoms with van der Waals surface area (Å²) in [6.45, 7) is 8.72. The number of nitrogens with zero attached hydrogens (tertiary/aromatic N) is 2. The fraction of sp³-hybridized carbons (Fsp3) is 0.516. The predicted molar refractivity (Wildman–Crippen MR) is 151 cm³/mol. The molecule has 2 amide bonds. The summed E-state index contributed by atoms with van der Waals surface area (Å²) < 4.78 is 5.57. The van der Waals surface area contributed by atoms with Gasteiger partial charge in [0.15, 0.2) is 0 Å². The molecule has 200 valence electrons. The number of pyridine rings is 1. The lowest BCUT2D eigenvalue weighted by Crippen LogP contribution is -2.78. The number of benzene rings is 1. The maximum absolute atomic E-state index is 13.9. The molecule has 4 aliphatic rings. The lowest BCUT2D eigenvalue weighted by Gasteiger charge is -2.74. The molecule has 1 aromatic heterocycles. The van der Waals surface area contributed by atoms with Crippen LogP contribution in [-0.2, 0) is 11.2 Å². The second kappa shape index (κ2) is 9.89. The molecule has 1 unspecified atom stereocenters. The third kappa shape index (κ3) is 4.87. The SMILES string of the molecule is CCCC[C@H]1Cc2cc(OC)ccc2C(C23CC(NC(=O)c4ccncc4)(C2)C3)N1C(=O)C#C[Si](C)(C)C. The zero-order chi connectivity index (χ0) is 27.1. The minimum atomic E-state index is -1.71. The Labute approximate surface area is 227 Å². The van der Waals surface area contributed by atoms with E-state index in [4.69, 9.17) is 4.74 Å². The van der Waals surface area contributed by atoms with Gasteiger partial charge in [-0.2, -0.15) is 0 Å². The van der Waals surface area contributed by atoms with Gasteiger partial charge in [0.2, 0.25) is 0 Å². The van der Waals surface area contributed by atoms with Gasteiger partial charge in [-0.25, -0.2) is 0 Å². The summed E-state index contributed by atoms with van der Waals surface area (Å²) in [5.41, 5.74) is 6.21. The van der Waals surface area contributed by atoms with Crippen LogP contribution in [0.3, 0.4) is 0 Å². The molecule has 1 aromatic carbocycles. The van der Waals surface area contributed by atoms with Gasteiger partial charge >= 0.3 is 0 Å². The Morgan fingerprint density at radius 3 is 2.50 bits per heavy atom. The van der Waals surface area contributed by atoms with Crippen molar-refractivity contribution in [1.29, 1.82) is 0 Å². The lowest BCUT2D eigenvalue weighted by atomic mass is 9.36. The van der Waals surface area contributed by atoms with Gasteiger partial charge in [-0.1, -0.05) is 45.5 Å². The first-order chi connectivity index (χ1) is 18.1. The molecule has 7 heteroatoms. The summed E-state index contributed by atoms with van der Waals surface area (Å²) >= 11 is 0. The van der Waals surface area contributed by atoms with Crippen LogP contribution >= 0.6 is 0 Å². The van der Waals surface area contributed by atoms with Gasteiger partial charge in [0.25, 0.3) is 11.8 Å². The molecule has 1 N–H and O–H groups in total. The first kappa shape index (κ1) is 26.5. The van der Waals surface area contributed by atoms with Crippen molar-refractivity contribution in [3.8, 4) is 17.2 Å². The van der Waals surface area contributed by atoms with Gasteiger partial charge in [0.05, 0.1) is 13.2 Å². The Bertz CT molecular complexity index is 1270. The molecule has 6 rings (SSSR count). The van der Waals surface area contributed by atoms with E-state index in [1.54, 1.807) is 31.6 Å². The topological polar surface area (TPSA) is 71.5 Å². The highest BCUT2D eigenvalue weighted by molar-refractivity contribution is 6.84. The molecule has 38 heavy (non-hydrogen) atoms. The summed E-state index contributed by atoms with van der Waals surface area (Å²) in [5, 5.41) is 3.30. The number of ether oxygens (including phenoxy) is 1. The van der Waals surface area contributed by atoms with Crippen LogP contribution in [0.2, 0.25) is 19.6 Å². The monoisotopic (exact) mass is 529 g/mol. The van der Waals surface area contributed by atoms with Crippen LogP contribution in [0.25, 0.3) is 0 Å². The van der Waals surface area contributed by atoms with Crippen molar-refractivity contribution in [2.75, 3.05) is 7.11 Å². The molecular formula is C31H39N3O3Si. The predicted octanol–water partition coefficient (Wildman–Crippen LogP) is 5.31. The summed E-state index contributed by atoms with van der Waals surface area (Å²) in [5.74, 6) is 3.84. The van der Waals surface area contributed by atoms with Crippen LogP contribution in [0.15, 0.2) is 42.7 Å². The maximum atomic E-state index is 13.9. The van der Waals surface area contributed by atoms with Gasteiger partial charge < -0.3 is 15.0 Å². The van der Waals surface area contributed by atoms with Gasteiger partial charge in [0.1, 0.15) is 13.8 Å². The molecule has 0 radical (unpaired) electrons. The smallest absolute Gasteiger partial charge is 0.298 e. The highest BCUT2D eigenvalue weighted by Crippen LogP contribution is 2.74. The largest absolute Gasteiger partial charge is 0.497 e. The molecule has 0 saturated heterocycles. The highest BCUT2D eigenvalue weighted by Gasteiger charge is 2.73. The van der Waals surface area contributed by atoms with Crippen LogP contribution in [0.1, 0.15) is 73.0 Å². The Morgan fingerprint density at radius 1 is 1.16 bits per heavy atom. The molecule has 3 fully saturated rings. The van der Waals surface area contributed by atoms with E-state index in [9.17, 15) is 9.59 Å². The van der Waals surface area contributed by atoms with Crippen LogP contribution < -0.4 is 10.1 Å². The second-order valence-corrected chi connectivity index (χ2v) is 17.3. The van der Waals surface area contributed by atoms with Crippen molar-refractivity contribution >= 4 is 19.9 Å². The van der Waals surface area contributed by atoms with Gasteiger partial charge in [0, 0.05) is 35.0 Å². The zero-order valence-corrected chi connectivity index (χ0v) is 24.3. The normalized spacial score (nSPS) is 27.1. The lowest BCUT2D eigenvalue weighted by molar-refractivity contribution is -0.204. The molecule has 6 nitrogen and oxygen atoms in total. The molecule has 2 bridgehead atoms. The van der Waals surface area contributed by atoms with E-state index in [2.05, 4.69) is 65.4 Å². The number of aromatic nitrogens is 1. The van der Waals surface area contributed by atoms with Crippen molar-refractivity contribution in [2.24, 2.45) is 5.41 Å². The fourth-order valence-electron chi connectivity index (χ4n) is 6.87. The third-order valence-electron chi connectivity index (χ3n) is 8.41. The van der Waals surface area contributed by atoms with Gasteiger partial charge in [-0.15, -0.1) is 5.54 Å². The highest BCUT2D eigenvalue weighted by atomic mass is 28.3. The molecule has 3 saturated carbocycles. The zero-order valence-electron chi connectivity index (χ0n) is 23.3. The van der Waals surface area contributed by atoms with Gasteiger partial charge in [-0.3, -0.25) is 14.6 Å². The summed E-state index contributed by atoms with van der Waals surface area (Å²) in [7, 11) is -0.00398. The first-order valence-electron chi connectivity index (χ1n) is 13.8. The fourth-order valence-corrected chi connectivity index (χ4v) is 7.35. The number of fused-ring (bicyclic) bond motifs is 1. The van der Waals surface area contributed by atoms with Gasteiger partial charge in [-0.05, 0) is 73.4 Å². The number of amides is 2. The number of hydrogen-bond donors (Lipinski definition) is 1. The van der Waals surface area contributed by atoms with Crippen LogP contribution in [-0.4, -0.2) is 48.5 Å². The number of hydrogen-bond acceptors (Lipinski definition) is 4. The van der Waals surface area contributed by atoms with Crippen molar-refractivity contribution < 1.29 is 14.3 Å². The Morgan fingerprint density at radius 2 is 1.87 bits per heavy atom. The van der Waals surface area contributed by atoms with E-state index < -0.39 is 8.07 Å². The standard InChI is InChI=1S/C31H39N3O3Si/c1-6-7-8-24-17-23-18-25(37-2)9-10-26(23)28(34(24)27(35)13-16-38(3,4)5)30-19-31(20-30,21-30)33-29(36)22-11-14-32-15-12-22/h9-12,14-15,18,24,28H,6-8,17,19-21H2,1-5H3,(H,33,36)/t24-,28?,30?,31?/m0/s1. The molecule has 2 aromatic rings. The number of nitrogens with one attached hydrogen (secondary N) is 1. The molecule has 2 heterocycles. The Kier molecular flexibility index (Phi) is 6.89. The van der Waals surface area contributed by atoms with Crippen molar-refractivity contribution in [1.82, 2.24) is 15.2 Å². The minimum absolute atomic E-state index is 0.0397. The number of unbranched alkanes of at least 4 members (excludes halogenated alkanes) is 1. The van der Waals surface area contributed by atoms with Crippen LogP contribution in [0, 0.1) is 16.9 Å². The number of carbonyl (C=O) groups is 2. The van der Waals surface area contributed by atoms with Crippen LogP contribution in [0.5, 0.6) is 5.75 Å².